The van der Waals surface area contributed by atoms with Gasteiger partial charge in [-0.05, 0) is 20.3 Å². The highest BCUT2D eigenvalue weighted by molar-refractivity contribution is 5.60. The molecular formula is C9H17N3O5. The average Bonchev–Trinajstić information content (AvgIpc) is 2.77. The molecule has 0 spiro atoms. The van der Waals surface area contributed by atoms with Crippen molar-refractivity contribution in [2.24, 2.45) is 0 Å². The van der Waals surface area contributed by atoms with Gasteiger partial charge in [0.05, 0.1) is 6.10 Å². The maximum absolute atomic E-state index is 11.1. The lowest BCUT2D eigenvalue weighted by atomic mass is 10.3. The van der Waals surface area contributed by atoms with Crippen LogP contribution in [0.2, 0.25) is 0 Å². The van der Waals surface area contributed by atoms with Crippen LogP contribution >= 0.6 is 0 Å². The van der Waals surface area contributed by atoms with Gasteiger partial charge in [0.15, 0.2) is 0 Å². The fourth-order valence-corrected chi connectivity index (χ4v) is 1.24. The van der Waals surface area contributed by atoms with Crippen LogP contribution in [-0.2, 0) is 9.47 Å². The first-order chi connectivity index (χ1) is 8.06. The van der Waals surface area contributed by atoms with Gasteiger partial charge in [0, 0.05) is 25.0 Å². The van der Waals surface area contributed by atoms with Gasteiger partial charge in [-0.1, -0.05) is 0 Å². The van der Waals surface area contributed by atoms with Gasteiger partial charge in [-0.15, -0.1) is 0 Å². The first-order valence-electron chi connectivity index (χ1n) is 5.63. The Balaban J connectivity index is 1.68. The van der Waals surface area contributed by atoms with Crippen molar-refractivity contribution in [3.05, 3.63) is 0 Å². The predicted molar refractivity (Wildman–Crippen MR) is 56.0 cm³/mol. The number of carbonyl (C=O) groups excluding carboxylic acids is 1. The van der Waals surface area contributed by atoms with Crippen LogP contribution in [0.3, 0.4) is 0 Å². The summed E-state index contributed by atoms with van der Waals surface area (Å²) < 4.78 is 14.6. The van der Waals surface area contributed by atoms with Crippen LogP contribution in [0, 0.1) is 0 Å². The van der Waals surface area contributed by atoms with E-state index in [0.717, 1.165) is 24.5 Å². The maximum Gasteiger partial charge on any atom is 0.511 e. The molecule has 0 saturated carbocycles. The molecule has 0 bridgehead atoms. The molecule has 1 atom stereocenters. The summed E-state index contributed by atoms with van der Waals surface area (Å²) in [6.45, 7) is 6.93. The van der Waals surface area contributed by atoms with Crippen molar-refractivity contribution in [2.45, 2.75) is 39.6 Å². The second kappa shape index (κ2) is 4.64. The third-order valence-corrected chi connectivity index (χ3v) is 2.17. The molecule has 0 N–H and O–H groups in total. The highest BCUT2D eigenvalue weighted by Gasteiger charge is 2.27. The molecule has 1 saturated heterocycles. The Kier molecular flexibility index (Phi) is 3.21. The second-order valence-electron chi connectivity index (χ2n) is 4.09. The predicted octanol–water partition coefficient (Wildman–Crippen LogP) is 0.560. The Morgan fingerprint density at radius 1 is 1.24 bits per heavy atom. The van der Waals surface area contributed by atoms with Gasteiger partial charge in [0.25, 0.3) is 6.29 Å². The monoisotopic (exact) mass is 247 g/mol. The Hall–Kier alpha value is -1.73. The van der Waals surface area contributed by atoms with E-state index in [1.807, 2.05) is 5.01 Å². The number of hydrogen-bond acceptors (Lipinski definition) is 6. The minimum Gasteiger partial charge on any atom is -0.431 e. The van der Waals surface area contributed by atoms with E-state index in [1.165, 1.54) is 4.96 Å². The van der Waals surface area contributed by atoms with Gasteiger partial charge >= 0.3 is 6.16 Å². The number of carbonyl (C=O) groups is 1. The molecule has 2 rings (SSSR count). The van der Waals surface area contributed by atoms with E-state index in [9.17, 15) is 4.79 Å². The first-order valence-corrected chi connectivity index (χ1v) is 5.63. The molecule has 98 valence electrons. The molecule has 0 amide bonds. The average molecular weight is 247 g/mol. The topological polar surface area (TPSA) is 71.0 Å². The molecular weight excluding hydrogens is 230 g/mol. The summed E-state index contributed by atoms with van der Waals surface area (Å²) in [6.07, 6.45) is -0.609. The summed E-state index contributed by atoms with van der Waals surface area (Å²) in [6, 6.07) is 0. The van der Waals surface area contributed by atoms with E-state index < -0.39 is 12.4 Å². The van der Waals surface area contributed by atoms with Gasteiger partial charge in [0.1, 0.15) is 5.02 Å². The lowest BCUT2D eigenvalue weighted by molar-refractivity contribution is -0.136. The van der Waals surface area contributed by atoms with E-state index in [0.29, 0.717) is 0 Å². The highest BCUT2D eigenvalue weighted by Crippen LogP contribution is 2.09. The molecule has 17 heavy (non-hydrogen) atoms. The molecule has 1 aliphatic heterocycles. The zero-order valence-electron chi connectivity index (χ0n) is 10.2. The van der Waals surface area contributed by atoms with Crippen LogP contribution in [0.4, 0.5) is 4.79 Å². The standard InChI is InChI=1S/C9H17N3O5/c1-7(2)14-9(13)15-8(3)16-12-11(17-12)10-5-4-6-10/h7-8H,4-6H2,1-3H3. The third-order valence-electron chi connectivity index (χ3n) is 2.17. The van der Waals surface area contributed by atoms with Gasteiger partial charge in [0.2, 0.25) is 0 Å². The van der Waals surface area contributed by atoms with Crippen molar-refractivity contribution < 1.29 is 23.7 Å². The fourth-order valence-electron chi connectivity index (χ4n) is 1.24. The van der Waals surface area contributed by atoms with Crippen molar-refractivity contribution >= 4 is 6.16 Å². The molecule has 8 nitrogen and oxygen atoms in total. The molecule has 1 unspecified atom stereocenters. The SMILES string of the molecule is CC(C)OC(=O)OC(C)On1on1N1CCC1. The normalized spacial score (nSPS) is 16.8. The molecule has 1 fully saturated rings. The van der Waals surface area contributed by atoms with Crippen LogP contribution < -0.4 is 9.85 Å². The van der Waals surface area contributed by atoms with Crippen LogP contribution in [0.1, 0.15) is 27.2 Å². The molecule has 0 aliphatic carbocycles. The van der Waals surface area contributed by atoms with Gasteiger partial charge in [-0.3, -0.25) is 5.01 Å². The molecule has 8 heteroatoms. The van der Waals surface area contributed by atoms with Crippen LogP contribution in [0.25, 0.3) is 0 Å². The minimum absolute atomic E-state index is 0.218. The van der Waals surface area contributed by atoms with E-state index in [4.69, 9.17) is 18.9 Å². The first kappa shape index (κ1) is 11.7. The molecule has 0 radical (unpaired) electrons. The third kappa shape index (κ3) is 3.11. The summed E-state index contributed by atoms with van der Waals surface area (Å²) in [7, 11) is 0. The zero-order valence-corrected chi connectivity index (χ0v) is 10.2. The molecule has 1 aliphatic rings. The largest absolute Gasteiger partial charge is 0.511 e. The van der Waals surface area contributed by atoms with Gasteiger partial charge < -0.3 is 14.3 Å². The van der Waals surface area contributed by atoms with E-state index in [-0.39, 0.29) is 6.10 Å². The summed E-state index contributed by atoms with van der Waals surface area (Å²) >= 11 is 0. The number of hydrogen-bond donors (Lipinski definition) is 0. The number of rotatable bonds is 5. The van der Waals surface area contributed by atoms with Crippen molar-refractivity contribution in [3.63, 3.8) is 0 Å². The number of nitrogens with zero attached hydrogens (tertiary/aromatic N) is 3. The van der Waals surface area contributed by atoms with Gasteiger partial charge in [-0.2, -0.15) is 4.63 Å². The Labute approximate surface area is 98.4 Å². The molecule has 1 aromatic heterocycles. The summed E-state index contributed by atoms with van der Waals surface area (Å²) in [5.74, 6) is 0. The Morgan fingerprint density at radius 2 is 1.94 bits per heavy atom. The molecule has 2 heterocycles. The number of ether oxygens (including phenoxy) is 2. The van der Waals surface area contributed by atoms with E-state index in [1.54, 1.807) is 20.8 Å². The van der Waals surface area contributed by atoms with Crippen LogP contribution in [0.15, 0.2) is 4.63 Å². The lowest BCUT2D eigenvalue weighted by Crippen LogP contribution is -2.44. The highest BCUT2D eigenvalue weighted by atomic mass is 17.0. The summed E-state index contributed by atoms with van der Waals surface area (Å²) in [5, 5.41) is 3.10. The van der Waals surface area contributed by atoms with Crippen molar-refractivity contribution in [1.82, 2.24) is 9.98 Å². The number of aromatic nitrogens is 2. The zero-order chi connectivity index (χ0) is 12.4. The molecule has 0 aromatic carbocycles. The lowest BCUT2D eigenvalue weighted by Gasteiger charge is -2.25. The Bertz CT molecular complexity index is 362. The Morgan fingerprint density at radius 3 is 2.47 bits per heavy atom. The second-order valence-corrected chi connectivity index (χ2v) is 4.09. The van der Waals surface area contributed by atoms with Crippen molar-refractivity contribution in [3.8, 4) is 0 Å². The van der Waals surface area contributed by atoms with Crippen LogP contribution in [-0.4, -0.2) is 41.6 Å². The van der Waals surface area contributed by atoms with E-state index >= 15 is 0 Å². The van der Waals surface area contributed by atoms with Crippen molar-refractivity contribution in [1.29, 1.82) is 0 Å². The van der Waals surface area contributed by atoms with Crippen LogP contribution in [0.5, 0.6) is 0 Å². The molecule has 1 aromatic rings. The summed E-state index contributed by atoms with van der Waals surface area (Å²) in [4.78, 5) is 17.8. The van der Waals surface area contributed by atoms with Gasteiger partial charge in [-0.25, -0.2) is 4.79 Å². The maximum atomic E-state index is 11.1. The quantitative estimate of drug-likeness (QED) is 0.559. The summed E-state index contributed by atoms with van der Waals surface area (Å²) in [5.41, 5.74) is 0. The minimum atomic E-state index is -0.771. The van der Waals surface area contributed by atoms with E-state index in [2.05, 4.69) is 0 Å². The fraction of sp³-hybridized carbons (Fsp3) is 0.889. The smallest absolute Gasteiger partial charge is 0.431 e. The van der Waals surface area contributed by atoms with Crippen molar-refractivity contribution in [2.75, 3.05) is 18.1 Å².